The molecule has 5 rings (SSSR count). The summed E-state index contributed by atoms with van der Waals surface area (Å²) in [6, 6.07) is 18.8. The number of nitrogen functional groups attached to an aromatic ring is 1. The molecular weight excluding hydrogens is 464 g/mol. The lowest BCUT2D eigenvalue weighted by atomic mass is 9.92. The van der Waals surface area contributed by atoms with E-state index in [2.05, 4.69) is 50.4 Å². The Morgan fingerprint density at radius 3 is 2.78 bits per heavy atom. The molecule has 0 spiro atoms. The Morgan fingerprint density at radius 2 is 1.97 bits per heavy atom. The molecule has 4 N–H and O–H groups in total. The number of rotatable bonds is 9. The average Bonchev–Trinajstić information content (AvgIpc) is 3.32. The van der Waals surface area contributed by atoms with Crippen molar-refractivity contribution in [3.63, 3.8) is 0 Å². The number of aliphatic hydroxyl groups excluding tert-OH is 1. The van der Waals surface area contributed by atoms with Crippen LogP contribution in [0, 0.1) is 12.8 Å². The molecule has 8 nitrogen and oxygen atoms in total. The maximum absolute atomic E-state index is 9.98. The molecule has 0 amide bonds. The largest absolute Gasteiger partial charge is 0.491 e. The number of hydrogen-bond donors (Lipinski definition) is 3. The molecule has 196 valence electrons. The van der Waals surface area contributed by atoms with E-state index >= 15 is 0 Å². The summed E-state index contributed by atoms with van der Waals surface area (Å²) in [5.74, 6) is 3.34. The molecular formula is C29H38N6O2. The van der Waals surface area contributed by atoms with Crippen LogP contribution in [0.2, 0.25) is 0 Å². The van der Waals surface area contributed by atoms with Crippen LogP contribution >= 0.6 is 0 Å². The van der Waals surface area contributed by atoms with E-state index in [1.165, 1.54) is 12.0 Å². The first-order valence-electron chi connectivity index (χ1n) is 13.2. The number of benzene rings is 2. The van der Waals surface area contributed by atoms with Crippen molar-refractivity contribution in [2.45, 2.75) is 38.5 Å². The molecule has 0 saturated carbocycles. The molecule has 0 aliphatic carbocycles. The topological polar surface area (TPSA) is 99.8 Å². The summed E-state index contributed by atoms with van der Waals surface area (Å²) >= 11 is 0. The monoisotopic (exact) mass is 502 g/mol. The van der Waals surface area contributed by atoms with Crippen LogP contribution in [-0.2, 0) is 6.54 Å². The number of aliphatic hydroxyl groups is 1. The number of likely N-dealkylation sites (tertiary alicyclic amines) is 1. The third-order valence-electron chi connectivity index (χ3n) is 7.51. The number of hydrogen-bond acceptors (Lipinski definition) is 8. The number of fused-ring (bicyclic) bond motifs is 1. The molecule has 2 saturated heterocycles. The van der Waals surface area contributed by atoms with Crippen molar-refractivity contribution in [1.29, 1.82) is 0 Å². The van der Waals surface area contributed by atoms with Crippen molar-refractivity contribution in [1.82, 2.24) is 20.2 Å². The lowest BCUT2D eigenvalue weighted by Gasteiger charge is -2.39. The fraction of sp³-hybridized carbons (Fsp3) is 0.448. The predicted octanol–water partition coefficient (Wildman–Crippen LogP) is 3.09. The normalized spacial score (nSPS) is 20.6. The second-order valence-electron chi connectivity index (χ2n) is 10.3. The number of likely N-dealkylation sites (N-methyl/N-ethyl adjacent to an activating group) is 1. The van der Waals surface area contributed by atoms with Gasteiger partial charge in [0.2, 0.25) is 0 Å². The zero-order chi connectivity index (χ0) is 25.8. The molecule has 0 radical (unpaired) electrons. The molecule has 3 unspecified atom stereocenters. The van der Waals surface area contributed by atoms with E-state index < -0.39 is 6.10 Å². The fourth-order valence-electron chi connectivity index (χ4n) is 5.64. The average molecular weight is 503 g/mol. The summed E-state index contributed by atoms with van der Waals surface area (Å²) in [5.41, 5.74) is 9.59. The van der Waals surface area contributed by atoms with E-state index in [0.717, 1.165) is 49.5 Å². The van der Waals surface area contributed by atoms with Gasteiger partial charge in [-0.25, -0.2) is 9.97 Å². The first-order chi connectivity index (χ1) is 18.0. The van der Waals surface area contributed by atoms with Crippen molar-refractivity contribution >= 4 is 11.6 Å². The van der Waals surface area contributed by atoms with Gasteiger partial charge in [0, 0.05) is 49.9 Å². The highest BCUT2D eigenvalue weighted by Gasteiger charge is 2.40. The van der Waals surface area contributed by atoms with Gasteiger partial charge in [-0.1, -0.05) is 42.5 Å². The van der Waals surface area contributed by atoms with Gasteiger partial charge >= 0.3 is 0 Å². The number of aromatic nitrogens is 2. The second kappa shape index (κ2) is 11.5. The van der Waals surface area contributed by atoms with Gasteiger partial charge in [0.15, 0.2) is 5.82 Å². The number of nitrogens with one attached hydrogen (secondary N) is 1. The molecule has 3 aromatic rings. The number of anilines is 2. The van der Waals surface area contributed by atoms with Gasteiger partial charge in [-0.15, -0.1) is 0 Å². The van der Waals surface area contributed by atoms with Crippen LogP contribution in [0.3, 0.4) is 0 Å². The highest BCUT2D eigenvalue weighted by molar-refractivity contribution is 5.66. The summed E-state index contributed by atoms with van der Waals surface area (Å²) in [7, 11) is 1.80. The Balaban J connectivity index is 1.37. The third-order valence-corrected chi connectivity index (χ3v) is 7.51. The van der Waals surface area contributed by atoms with E-state index in [1.807, 2.05) is 31.2 Å². The van der Waals surface area contributed by atoms with Crippen LogP contribution in [-0.4, -0.2) is 72.0 Å². The van der Waals surface area contributed by atoms with E-state index in [9.17, 15) is 5.11 Å². The van der Waals surface area contributed by atoms with Crippen LogP contribution in [0.15, 0.2) is 54.6 Å². The van der Waals surface area contributed by atoms with Crippen LogP contribution in [0.1, 0.15) is 24.0 Å². The first-order valence-corrected chi connectivity index (χ1v) is 13.2. The summed E-state index contributed by atoms with van der Waals surface area (Å²) in [6.07, 6.45) is 1.82. The number of nitrogens with zero attached hydrogens (tertiary/aromatic N) is 4. The molecule has 2 fully saturated rings. The molecule has 3 heterocycles. The third kappa shape index (κ3) is 5.87. The minimum absolute atomic E-state index is 0.211. The summed E-state index contributed by atoms with van der Waals surface area (Å²) < 4.78 is 5.81. The standard InChI is InChI=1S/C29H38N6O2/c1-20-27(30)32-28(22-10-6-12-25(14-22)37-19-24(36)15-31-2)33-29(20)35-13-7-11-23-17-34(18-26(23)35)16-21-8-4-3-5-9-21/h3-6,8-10,12,14,23-24,26,31,36H,7,11,13,15-19H2,1-2H3,(H2,30,32,33). The van der Waals surface area contributed by atoms with E-state index in [0.29, 0.717) is 35.9 Å². The van der Waals surface area contributed by atoms with Gasteiger partial charge in [0.1, 0.15) is 30.1 Å². The van der Waals surface area contributed by atoms with E-state index in [-0.39, 0.29) is 6.61 Å². The SMILES string of the molecule is CNCC(O)COc1cccc(-c2nc(N)c(C)c(N3CCCC4CN(Cc5ccccc5)CC43)n2)c1. The molecule has 37 heavy (non-hydrogen) atoms. The molecule has 2 aliphatic heterocycles. The lowest BCUT2D eigenvalue weighted by molar-refractivity contribution is 0.108. The zero-order valence-electron chi connectivity index (χ0n) is 21.8. The molecule has 0 bridgehead atoms. The molecule has 1 aromatic heterocycles. The maximum Gasteiger partial charge on any atom is 0.164 e. The van der Waals surface area contributed by atoms with Crippen molar-refractivity contribution < 1.29 is 9.84 Å². The van der Waals surface area contributed by atoms with Crippen molar-refractivity contribution in [2.75, 3.05) is 50.5 Å². The molecule has 3 atom stereocenters. The van der Waals surface area contributed by atoms with Crippen LogP contribution in [0.4, 0.5) is 11.6 Å². The molecule has 2 aromatic carbocycles. The highest BCUT2D eigenvalue weighted by atomic mass is 16.5. The Kier molecular flexibility index (Phi) is 7.88. The maximum atomic E-state index is 9.98. The second-order valence-corrected chi connectivity index (χ2v) is 10.3. The smallest absolute Gasteiger partial charge is 0.164 e. The lowest BCUT2D eigenvalue weighted by Crippen LogP contribution is -2.46. The minimum atomic E-state index is -0.577. The number of nitrogens with two attached hydrogens (primary N) is 1. The number of ether oxygens (including phenoxy) is 1. The highest BCUT2D eigenvalue weighted by Crippen LogP contribution is 2.37. The van der Waals surface area contributed by atoms with Crippen LogP contribution < -0.4 is 20.7 Å². The Hall–Kier alpha value is -3.20. The van der Waals surface area contributed by atoms with Gasteiger partial charge in [0.25, 0.3) is 0 Å². The van der Waals surface area contributed by atoms with Crippen molar-refractivity contribution in [3.05, 3.63) is 65.7 Å². The van der Waals surface area contributed by atoms with Gasteiger partial charge in [-0.3, -0.25) is 4.90 Å². The van der Waals surface area contributed by atoms with Gasteiger partial charge in [-0.2, -0.15) is 0 Å². The van der Waals surface area contributed by atoms with Gasteiger partial charge in [0.05, 0.1) is 0 Å². The van der Waals surface area contributed by atoms with Crippen molar-refractivity contribution in [2.24, 2.45) is 5.92 Å². The van der Waals surface area contributed by atoms with Crippen molar-refractivity contribution in [3.8, 4) is 17.1 Å². The first kappa shape index (κ1) is 25.4. The summed E-state index contributed by atoms with van der Waals surface area (Å²) in [4.78, 5) is 14.8. The number of piperidine rings is 1. The predicted molar refractivity (Wildman–Crippen MR) is 148 cm³/mol. The van der Waals surface area contributed by atoms with E-state index in [4.69, 9.17) is 15.5 Å². The Labute approximate surface area is 219 Å². The Morgan fingerprint density at radius 1 is 1.14 bits per heavy atom. The summed E-state index contributed by atoms with van der Waals surface area (Å²) in [5, 5.41) is 12.9. The summed E-state index contributed by atoms with van der Waals surface area (Å²) in [6.45, 7) is 6.80. The quantitative estimate of drug-likeness (QED) is 0.411. The fourth-order valence-corrected chi connectivity index (χ4v) is 5.64. The van der Waals surface area contributed by atoms with E-state index in [1.54, 1.807) is 7.05 Å². The van der Waals surface area contributed by atoms with Gasteiger partial charge in [-0.05, 0) is 50.4 Å². The van der Waals surface area contributed by atoms with Crippen LogP contribution in [0.5, 0.6) is 5.75 Å². The Bertz CT molecular complexity index is 1190. The molecule has 2 aliphatic rings. The molecule has 8 heteroatoms. The van der Waals surface area contributed by atoms with Gasteiger partial charge < -0.3 is 25.8 Å². The minimum Gasteiger partial charge on any atom is -0.491 e. The zero-order valence-corrected chi connectivity index (χ0v) is 21.8. The van der Waals surface area contributed by atoms with Crippen LogP contribution in [0.25, 0.3) is 11.4 Å².